The molecule has 0 aliphatic heterocycles. The lowest BCUT2D eigenvalue weighted by molar-refractivity contribution is -0.123. The van der Waals surface area contributed by atoms with E-state index in [0.717, 1.165) is 19.4 Å². The van der Waals surface area contributed by atoms with Crippen molar-refractivity contribution in [2.45, 2.75) is 53.4 Å². The van der Waals surface area contributed by atoms with Crippen molar-refractivity contribution >= 4 is 11.8 Å². The Morgan fingerprint density at radius 2 is 1.13 bits per heavy atom. The molecule has 2 N–H and O–H groups in total. The maximum atomic E-state index is 11.6. The van der Waals surface area contributed by atoms with E-state index >= 15 is 0 Å². The van der Waals surface area contributed by atoms with Crippen LogP contribution >= 0.6 is 0 Å². The molecule has 30 heavy (non-hydrogen) atoms. The Kier molecular flexibility index (Phi) is 20.2. The van der Waals surface area contributed by atoms with E-state index in [9.17, 15) is 9.59 Å². The number of carbonyl (C=O) groups is 2. The molecule has 0 aromatic carbocycles. The molecule has 2 amide bonds. The monoisotopic (exact) mass is 432 g/mol. The average Bonchev–Trinajstić information content (AvgIpc) is 2.67. The number of amides is 2. The van der Waals surface area contributed by atoms with Crippen molar-refractivity contribution in [3.63, 3.8) is 0 Å². The van der Waals surface area contributed by atoms with Gasteiger partial charge < -0.3 is 29.6 Å². The Morgan fingerprint density at radius 3 is 1.67 bits per heavy atom. The predicted molar refractivity (Wildman–Crippen MR) is 117 cm³/mol. The van der Waals surface area contributed by atoms with E-state index in [4.69, 9.17) is 18.9 Å². The van der Waals surface area contributed by atoms with Gasteiger partial charge in [-0.15, -0.1) is 0 Å². The fourth-order valence-electron chi connectivity index (χ4n) is 2.46. The van der Waals surface area contributed by atoms with Crippen molar-refractivity contribution < 1.29 is 28.5 Å². The van der Waals surface area contributed by atoms with E-state index in [1.165, 1.54) is 0 Å². The van der Waals surface area contributed by atoms with E-state index in [1.807, 2.05) is 13.8 Å². The van der Waals surface area contributed by atoms with Gasteiger partial charge in [-0.2, -0.15) is 0 Å². The molecule has 8 nitrogen and oxygen atoms in total. The SMILES string of the molecule is CC(C)CCCNC(=O)CCOCCOCCOCCOCCNC(=O)CC(C)C. The molecule has 0 aliphatic rings. The molecule has 8 heteroatoms. The summed E-state index contributed by atoms with van der Waals surface area (Å²) in [6, 6.07) is 0. The first-order chi connectivity index (χ1) is 14.4. The Balaban J connectivity index is 3.19. The van der Waals surface area contributed by atoms with Crippen molar-refractivity contribution in [1.29, 1.82) is 0 Å². The first kappa shape index (κ1) is 28.8. The molecule has 0 rings (SSSR count). The summed E-state index contributed by atoms with van der Waals surface area (Å²) in [6.07, 6.45) is 3.07. The molecule has 0 unspecified atom stereocenters. The van der Waals surface area contributed by atoms with E-state index in [0.29, 0.717) is 84.1 Å². The first-order valence-electron chi connectivity index (χ1n) is 11.3. The summed E-state index contributed by atoms with van der Waals surface area (Å²) in [5, 5.41) is 5.72. The molecular formula is C22H44N2O6. The molecule has 178 valence electrons. The Labute approximate surface area is 182 Å². The van der Waals surface area contributed by atoms with Gasteiger partial charge in [0.05, 0.1) is 52.9 Å². The van der Waals surface area contributed by atoms with Gasteiger partial charge in [-0.05, 0) is 24.7 Å². The fourth-order valence-corrected chi connectivity index (χ4v) is 2.46. The minimum Gasteiger partial charge on any atom is -0.379 e. The maximum Gasteiger partial charge on any atom is 0.222 e. The maximum absolute atomic E-state index is 11.6. The van der Waals surface area contributed by atoms with E-state index < -0.39 is 0 Å². The molecule has 0 heterocycles. The number of hydrogen-bond acceptors (Lipinski definition) is 6. The van der Waals surface area contributed by atoms with Gasteiger partial charge >= 0.3 is 0 Å². The number of hydrogen-bond donors (Lipinski definition) is 2. The highest BCUT2D eigenvalue weighted by atomic mass is 16.6. The summed E-state index contributed by atoms with van der Waals surface area (Å²) in [6.45, 7) is 13.4. The van der Waals surface area contributed by atoms with Gasteiger partial charge in [-0.3, -0.25) is 9.59 Å². The normalized spacial score (nSPS) is 11.3. The molecule has 0 spiro atoms. The molecule has 0 aromatic rings. The van der Waals surface area contributed by atoms with E-state index in [-0.39, 0.29) is 11.8 Å². The Bertz CT molecular complexity index is 418. The van der Waals surface area contributed by atoms with Crippen LogP contribution < -0.4 is 10.6 Å². The van der Waals surface area contributed by atoms with Gasteiger partial charge in [0.2, 0.25) is 11.8 Å². The molecule has 0 aliphatic carbocycles. The van der Waals surface area contributed by atoms with Crippen molar-refractivity contribution in [1.82, 2.24) is 10.6 Å². The Morgan fingerprint density at radius 1 is 0.633 bits per heavy atom. The lowest BCUT2D eigenvalue weighted by Crippen LogP contribution is -2.28. The topological polar surface area (TPSA) is 95.1 Å². The summed E-state index contributed by atoms with van der Waals surface area (Å²) in [5.74, 6) is 1.13. The molecule has 0 saturated heterocycles. The lowest BCUT2D eigenvalue weighted by Gasteiger charge is -2.09. The molecule has 0 radical (unpaired) electrons. The third kappa shape index (κ3) is 23.1. The number of rotatable bonds is 21. The molecular weight excluding hydrogens is 388 g/mol. The summed E-state index contributed by atoms with van der Waals surface area (Å²) >= 11 is 0. The minimum absolute atomic E-state index is 0.0354. The van der Waals surface area contributed by atoms with Crippen LogP contribution in [0.5, 0.6) is 0 Å². The molecule has 0 atom stereocenters. The second-order valence-electron chi connectivity index (χ2n) is 8.03. The van der Waals surface area contributed by atoms with Crippen LogP contribution in [0.25, 0.3) is 0 Å². The van der Waals surface area contributed by atoms with Crippen molar-refractivity contribution in [2.75, 3.05) is 65.9 Å². The number of ether oxygens (including phenoxy) is 4. The van der Waals surface area contributed by atoms with Gasteiger partial charge in [0.25, 0.3) is 0 Å². The summed E-state index contributed by atoms with van der Waals surface area (Å²) in [5.41, 5.74) is 0. The molecule has 0 saturated carbocycles. The van der Waals surface area contributed by atoms with Crippen molar-refractivity contribution in [3.05, 3.63) is 0 Å². The fraction of sp³-hybridized carbons (Fsp3) is 0.909. The highest BCUT2D eigenvalue weighted by molar-refractivity contribution is 5.76. The van der Waals surface area contributed by atoms with Crippen LogP contribution in [0.3, 0.4) is 0 Å². The summed E-state index contributed by atoms with van der Waals surface area (Å²) < 4.78 is 21.6. The van der Waals surface area contributed by atoms with Crippen LogP contribution in [-0.2, 0) is 28.5 Å². The highest BCUT2D eigenvalue weighted by Gasteiger charge is 2.03. The second-order valence-corrected chi connectivity index (χ2v) is 8.03. The largest absolute Gasteiger partial charge is 0.379 e. The van der Waals surface area contributed by atoms with Crippen molar-refractivity contribution in [2.24, 2.45) is 11.8 Å². The standard InChI is InChI=1S/C22H44N2O6/c1-19(2)6-5-8-23-21(25)7-10-27-12-14-29-16-17-30-15-13-28-11-9-24-22(26)18-20(3)4/h19-20H,5-18H2,1-4H3,(H,23,25)(H,24,26). The zero-order valence-electron chi connectivity index (χ0n) is 19.5. The van der Waals surface area contributed by atoms with Gasteiger partial charge in [-0.1, -0.05) is 27.7 Å². The number of nitrogens with one attached hydrogen (secondary N) is 2. The van der Waals surface area contributed by atoms with Crippen LogP contribution in [0.2, 0.25) is 0 Å². The summed E-state index contributed by atoms with van der Waals surface area (Å²) in [7, 11) is 0. The quantitative estimate of drug-likeness (QED) is 0.270. The zero-order chi connectivity index (χ0) is 22.5. The summed E-state index contributed by atoms with van der Waals surface area (Å²) in [4.78, 5) is 23.0. The number of carbonyl (C=O) groups excluding carboxylic acids is 2. The molecule has 0 aromatic heterocycles. The zero-order valence-corrected chi connectivity index (χ0v) is 19.5. The van der Waals surface area contributed by atoms with Crippen LogP contribution in [-0.4, -0.2) is 77.8 Å². The van der Waals surface area contributed by atoms with E-state index in [1.54, 1.807) is 0 Å². The Hall–Kier alpha value is -1.22. The minimum atomic E-state index is 0.0354. The third-order valence-corrected chi connectivity index (χ3v) is 4.03. The van der Waals surface area contributed by atoms with Gasteiger partial charge in [-0.25, -0.2) is 0 Å². The van der Waals surface area contributed by atoms with Crippen LogP contribution in [0.4, 0.5) is 0 Å². The second kappa shape index (κ2) is 21.0. The van der Waals surface area contributed by atoms with E-state index in [2.05, 4.69) is 24.5 Å². The van der Waals surface area contributed by atoms with Crippen molar-refractivity contribution in [3.8, 4) is 0 Å². The molecule has 0 fully saturated rings. The molecule has 0 bridgehead atoms. The van der Waals surface area contributed by atoms with Crippen LogP contribution in [0.1, 0.15) is 53.4 Å². The van der Waals surface area contributed by atoms with Gasteiger partial charge in [0, 0.05) is 25.9 Å². The predicted octanol–water partition coefficient (Wildman–Crippen LogP) is 2.16. The van der Waals surface area contributed by atoms with Crippen LogP contribution in [0.15, 0.2) is 0 Å². The van der Waals surface area contributed by atoms with Crippen LogP contribution in [0, 0.1) is 11.8 Å². The first-order valence-corrected chi connectivity index (χ1v) is 11.3. The smallest absolute Gasteiger partial charge is 0.222 e. The third-order valence-electron chi connectivity index (χ3n) is 4.03. The highest BCUT2D eigenvalue weighted by Crippen LogP contribution is 2.01. The van der Waals surface area contributed by atoms with Gasteiger partial charge in [0.15, 0.2) is 0 Å². The average molecular weight is 433 g/mol. The van der Waals surface area contributed by atoms with Gasteiger partial charge in [0.1, 0.15) is 0 Å². The lowest BCUT2D eigenvalue weighted by atomic mass is 10.1.